The molecule has 4 N–H and O–H groups in total. The number of carbonyl (C=O) groups is 2. The summed E-state index contributed by atoms with van der Waals surface area (Å²) in [5.74, 6) is -0.388. The predicted molar refractivity (Wildman–Crippen MR) is 90.9 cm³/mol. The van der Waals surface area contributed by atoms with Crippen LogP contribution in [-0.4, -0.2) is 40.3 Å². The van der Waals surface area contributed by atoms with Gasteiger partial charge in [-0.05, 0) is 54.4 Å². The van der Waals surface area contributed by atoms with Gasteiger partial charge in [-0.25, -0.2) is 9.59 Å². The Morgan fingerprint density at radius 1 is 1.08 bits per heavy atom. The summed E-state index contributed by atoms with van der Waals surface area (Å²) >= 11 is 0. The number of nitrogens with one attached hydrogen (secondary N) is 1. The normalized spacial score (nSPS) is 14.0. The number of nitrogens with two attached hydrogens (primary N) is 1. The average Bonchev–Trinajstić information content (AvgIpc) is 2.37. The fourth-order valence-electron chi connectivity index (χ4n) is 1.78. The van der Waals surface area contributed by atoms with E-state index in [0.717, 1.165) is 0 Å². The van der Waals surface area contributed by atoms with Crippen LogP contribution < -0.4 is 11.1 Å². The van der Waals surface area contributed by atoms with E-state index in [1.54, 1.807) is 41.5 Å². The molecule has 0 spiro atoms. The molecule has 0 aliphatic carbocycles. The minimum absolute atomic E-state index is 0.129. The molecule has 8 nitrogen and oxygen atoms in total. The maximum Gasteiger partial charge on any atom is 0.408 e. The smallest absolute Gasteiger partial charge is 0.408 e. The number of nitrogens with zero attached hydrogens (tertiary/aromatic N) is 1. The van der Waals surface area contributed by atoms with E-state index in [4.69, 9.17) is 20.4 Å². The van der Waals surface area contributed by atoms with E-state index >= 15 is 0 Å². The zero-order valence-electron chi connectivity index (χ0n) is 15.5. The Morgan fingerprint density at radius 2 is 1.62 bits per heavy atom. The van der Waals surface area contributed by atoms with Crippen molar-refractivity contribution in [1.29, 1.82) is 0 Å². The van der Waals surface area contributed by atoms with E-state index < -0.39 is 29.3 Å². The van der Waals surface area contributed by atoms with E-state index in [0.29, 0.717) is 25.7 Å². The number of hydrogen-bond donors (Lipinski definition) is 3. The van der Waals surface area contributed by atoms with Gasteiger partial charge in [0.1, 0.15) is 23.1 Å². The van der Waals surface area contributed by atoms with E-state index in [-0.39, 0.29) is 5.84 Å². The second-order valence-corrected chi connectivity index (χ2v) is 7.57. The molecular formula is C16H31N3O5. The van der Waals surface area contributed by atoms with Crippen LogP contribution >= 0.6 is 0 Å². The molecule has 8 heteroatoms. The number of oxime groups is 1. The highest BCUT2D eigenvalue weighted by molar-refractivity contribution is 5.81. The van der Waals surface area contributed by atoms with Crippen LogP contribution in [0.15, 0.2) is 5.16 Å². The summed E-state index contributed by atoms with van der Waals surface area (Å²) in [7, 11) is 0. The molecule has 1 atom stereocenters. The number of unbranched alkanes of at least 4 members (excludes halogenated alkanes) is 1. The van der Waals surface area contributed by atoms with Crippen molar-refractivity contribution < 1.29 is 24.3 Å². The molecule has 24 heavy (non-hydrogen) atoms. The summed E-state index contributed by atoms with van der Waals surface area (Å²) < 4.78 is 10.5. The van der Waals surface area contributed by atoms with Crippen molar-refractivity contribution in [1.82, 2.24) is 5.32 Å². The Bertz CT molecular complexity index is 450. The second-order valence-electron chi connectivity index (χ2n) is 7.57. The zero-order valence-corrected chi connectivity index (χ0v) is 15.5. The summed E-state index contributed by atoms with van der Waals surface area (Å²) in [6.07, 6.45) is 1.31. The Labute approximate surface area is 143 Å². The molecule has 0 aliphatic heterocycles. The molecule has 0 aromatic carbocycles. The molecule has 0 heterocycles. The first-order valence-corrected chi connectivity index (χ1v) is 8.03. The highest BCUT2D eigenvalue weighted by atomic mass is 16.6. The lowest BCUT2D eigenvalue weighted by Gasteiger charge is -2.26. The molecule has 0 aromatic heterocycles. The van der Waals surface area contributed by atoms with E-state index in [2.05, 4.69) is 10.5 Å². The van der Waals surface area contributed by atoms with Gasteiger partial charge in [-0.15, -0.1) is 0 Å². The number of ether oxygens (including phenoxy) is 2. The molecule has 0 aliphatic rings. The Morgan fingerprint density at radius 3 is 2.08 bits per heavy atom. The lowest BCUT2D eigenvalue weighted by molar-refractivity contribution is -0.157. The van der Waals surface area contributed by atoms with Crippen LogP contribution in [0.2, 0.25) is 0 Å². The van der Waals surface area contributed by atoms with Crippen molar-refractivity contribution in [2.45, 2.75) is 84.5 Å². The molecule has 0 rings (SSSR count). The van der Waals surface area contributed by atoms with Gasteiger partial charge in [-0.3, -0.25) is 0 Å². The molecule has 0 fully saturated rings. The van der Waals surface area contributed by atoms with Crippen LogP contribution in [0.25, 0.3) is 0 Å². The van der Waals surface area contributed by atoms with Crippen molar-refractivity contribution >= 4 is 17.9 Å². The van der Waals surface area contributed by atoms with Gasteiger partial charge in [0.25, 0.3) is 0 Å². The Hall–Kier alpha value is -1.99. The number of amides is 1. The first-order valence-electron chi connectivity index (χ1n) is 8.03. The van der Waals surface area contributed by atoms with Gasteiger partial charge in [-0.2, -0.15) is 0 Å². The van der Waals surface area contributed by atoms with Crippen LogP contribution in [0, 0.1) is 0 Å². The number of amidine groups is 1. The highest BCUT2D eigenvalue weighted by Gasteiger charge is 2.28. The number of esters is 1. The monoisotopic (exact) mass is 345 g/mol. The summed E-state index contributed by atoms with van der Waals surface area (Å²) in [5.41, 5.74) is 4.09. The Balaban J connectivity index is 4.71. The molecule has 0 bridgehead atoms. The van der Waals surface area contributed by atoms with Crippen molar-refractivity contribution in [2.24, 2.45) is 10.9 Å². The topological polar surface area (TPSA) is 123 Å². The van der Waals surface area contributed by atoms with Crippen LogP contribution in [0.4, 0.5) is 4.79 Å². The maximum atomic E-state index is 12.3. The van der Waals surface area contributed by atoms with Crippen molar-refractivity contribution in [2.75, 3.05) is 0 Å². The van der Waals surface area contributed by atoms with E-state index in [9.17, 15) is 9.59 Å². The first-order chi connectivity index (χ1) is 10.8. The zero-order chi connectivity index (χ0) is 19.0. The first kappa shape index (κ1) is 22.0. The number of carbonyl (C=O) groups excluding carboxylic acids is 2. The molecule has 140 valence electrons. The molecule has 1 amide bonds. The molecule has 0 saturated carbocycles. The molecule has 1 unspecified atom stereocenters. The summed E-state index contributed by atoms with van der Waals surface area (Å²) in [5, 5.41) is 13.9. The van der Waals surface area contributed by atoms with Crippen LogP contribution in [-0.2, 0) is 14.3 Å². The molecule has 0 radical (unpaired) electrons. The van der Waals surface area contributed by atoms with Gasteiger partial charge in [0.2, 0.25) is 0 Å². The molecular weight excluding hydrogens is 314 g/mol. The fourth-order valence-corrected chi connectivity index (χ4v) is 1.78. The van der Waals surface area contributed by atoms with E-state index in [1.165, 1.54) is 0 Å². The number of hydrogen-bond acceptors (Lipinski definition) is 6. The van der Waals surface area contributed by atoms with Crippen molar-refractivity contribution in [3.8, 4) is 0 Å². The second kappa shape index (κ2) is 9.34. The lowest BCUT2D eigenvalue weighted by Crippen LogP contribution is -2.46. The predicted octanol–water partition coefficient (Wildman–Crippen LogP) is 2.53. The van der Waals surface area contributed by atoms with Gasteiger partial charge >= 0.3 is 12.1 Å². The minimum atomic E-state index is -0.814. The van der Waals surface area contributed by atoms with E-state index in [1.807, 2.05) is 0 Å². The SMILES string of the molecule is CC(C)(C)OC(=O)NC(CCCC/C(N)=N\O)C(=O)OC(C)(C)C. The summed E-state index contributed by atoms with van der Waals surface area (Å²) in [6.45, 7) is 10.5. The van der Waals surface area contributed by atoms with Gasteiger partial charge < -0.3 is 25.7 Å². The van der Waals surface area contributed by atoms with Gasteiger partial charge in [-0.1, -0.05) is 11.6 Å². The third-order valence-electron chi connectivity index (χ3n) is 2.69. The van der Waals surface area contributed by atoms with Crippen LogP contribution in [0.5, 0.6) is 0 Å². The van der Waals surface area contributed by atoms with Gasteiger partial charge in [0, 0.05) is 6.42 Å². The quantitative estimate of drug-likeness (QED) is 0.163. The van der Waals surface area contributed by atoms with Crippen LogP contribution in [0.1, 0.15) is 67.2 Å². The third-order valence-corrected chi connectivity index (χ3v) is 2.69. The van der Waals surface area contributed by atoms with Gasteiger partial charge in [0.15, 0.2) is 0 Å². The van der Waals surface area contributed by atoms with Crippen molar-refractivity contribution in [3.63, 3.8) is 0 Å². The number of rotatable bonds is 7. The fraction of sp³-hybridized carbons (Fsp3) is 0.812. The largest absolute Gasteiger partial charge is 0.458 e. The third kappa shape index (κ3) is 11.6. The molecule has 0 aromatic rings. The van der Waals surface area contributed by atoms with Crippen molar-refractivity contribution in [3.05, 3.63) is 0 Å². The average molecular weight is 345 g/mol. The van der Waals surface area contributed by atoms with Crippen LogP contribution in [0.3, 0.4) is 0 Å². The standard InChI is InChI=1S/C16H31N3O5/c1-15(2,3)23-13(20)11(9-7-8-10-12(17)19-22)18-14(21)24-16(4,5)6/h11,22H,7-10H2,1-6H3,(H2,17,19)(H,18,21). The summed E-state index contributed by atoms with van der Waals surface area (Å²) in [4.78, 5) is 24.2. The molecule has 0 saturated heterocycles. The minimum Gasteiger partial charge on any atom is -0.458 e. The number of alkyl carbamates (subject to hydrolysis) is 1. The maximum absolute atomic E-state index is 12.3. The Kier molecular flexibility index (Phi) is 8.57. The van der Waals surface area contributed by atoms with Gasteiger partial charge in [0.05, 0.1) is 0 Å². The lowest BCUT2D eigenvalue weighted by atomic mass is 10.1. The highest BCUT2D eigenvalue weighted by Crippen LogP contribution is 2.13. The summed E-state index contributed by atoms with van der Waals surface area (Å²) in [6, 6.07) is -0.814.